The number of ketones is 1. The van der Waals surface area contributed by atoms with Crippen molar-refractivity contribution in [3.05, 3.63) is 76.9 Å². The van der Waals surface area contributed by atoms with Crippen LogP contribution in [0.3, 0.4) is 0 Å². The fourth-order valence-electron chi connectivity index (χ4n) is 2.20. The highest BCUT2D eigenvalue weighted by atomic mass is 16.1. The van der Waals surface area contributed by atoms with Gasteiger partial charge in [-0.2, -0.15) is 0 Å². The van der Waals surface area contributed by atoms with Crippen LogP contribution in [0.5, 0.6) is 0 Å². The van der Waals surface area contributed by atoms with Crippen LogP contribution in [0.1, 0.15) is 21.5 Å². The molecule has 1 heteroatoms. The lowest BCUT2D eigenvalue weighted by atomic mass is 10.0. The molecule has 0 amide bonds. The van der Waals surface area contributed by atoms with Gasteiger partial charge in [0, 0.05) is 17.6 Å². The quantitative estimate of drug-likeness (QED) is 0.708. The Morgan fingerprint density at radius 3 is 2.35 bits per heavy atom. The van der Waals surface area contributed by atoms with Crippen LogP contribution in [0.4, 0.5) is 0 Å². The maximum absolute atomic E-state index is 12.2. The summed E-state index contributed by atoms with van der Waals surface area (Å²) in [5.41, 5.74) is 4.07. The molecule has 0 saturated heterocycles. The van der Waals surface area contributed by atoms with E-state index in [9.17, 15) is 4.79 Å². The number of allylic oxidation sites excluding steroid dienone is 1. The smallest absolute Gasteiger partial charge is 0.189 e. The van der Waals surface area contributed by atoms with Gasteiger partial charge >= 0.3 is 0 Å². The van der Waals surface area contributed by atoms with Crippen LogP contribution in [0, 0.1) is 0 Å². The second-order valence-corrected chi connectivity index (χ2v) is 4.24. The summed E-state index contributed by atoms with van der Waals surface area (Å²) in [5, 5.41) is 0. The molecule has 0 saturated carbocycles. The van der Waals surface area contributed by atoms with Crippen molar-refractivity contribution < 1.29 is 4.79 Å². The van der Waals surface area contributed by atoms with Gasteiger partial charge in [0.15, 0.2) is 5.78 Å². The van der Waals surface area contributed by atoms with Crippen molar-refractivity contribution in [1.29, 1.82) is 0 Å². The molecule has 1 nitrogen and oxygen atoms in total. The first-order valence-electron chi connectivity index (χ1n) is 5.73. The Morgan fingerprint density at radius 2 is 1.59 bits per heavy atom. The number of carbonyl (C=O) groups is 1. The second-order valence-electron chi connectivity index (χ2n) is 4.24. The van der Waals surface area contributed by atoms with Crippen LogP contribution in [-0.2, 0) is 6.42 Å². The van der Waals surface area contributed by atoms with Gasteiger partial charge in [-0.05, 0) is 17.2 Å². The molecule has 0 atom stereocenters. The zero-order chi connectivity index (χ0) is 11.7. The molecule has 0 aliphatic heterocycles. The lowest BCUT2D eigenvalue weighted by molar-refractivity contribution is 0.103. The molecule has 0 aromatic heterocycles. The minimum atomic E-state index is 0.141. The van der Waals surface area contributed by atoms with E-state index in [4.69, 9.17) is 0 Å². The molecule has 82 valence electrons. The summed E-state index contributed by atoms with van der Waals surface area (Å²) in [6.07, 6.45) is 2.76. The van der Waals surface area contributed by atoms with Gasteiger partial charge in [0.25, 0.3) is 0 Å². The summed E-state index contributed by atoms with van der Waals surface area (Å²) in [6, 6.07) is 17.6. The zero-order valence-electron chi connectivity index (χ0n) is 9.39. The average molecular weight is 220 g/mol. The zero-order valence-corrected chi connectivity index (χ0v) is 9.39. The molecule has 0 radical (unpaired) electrons. The number of carbonyl (C=O) groups excluding carboxylic acids is 1. The summed E-state index contributed by atoms with van der Waals surface area (Å²) >= 11 is 0. The Morgan fingerprint density at radius 1 is 0.882 bits per heavy atom. The van der Waals surface area contributed by atoms with Crippen LogP contribution in [0.15, 0.2) is 60.2 Å². The van der Waals surface area contributed by atoms with Crippen LogP contribution in [0.2, 0.25) is 0 Å². The lowest BCUT2D eigenvalue weighted by Gasteiger charge is -2.01. The molecule has 3 rings (SSSR count). The predicted molar refractivity (Wildman–Crippen MR) is 68.9 cm³/mol. The fourth-order valence-corrected chi connectivity index (χ4v) is 2.20. The number of rotatable bonds is 2. The monoisotopic (exact) mass is 220 g/mol. The molecule has 0 fully saturated rings. The summed E-state index contributed by atoms with van der Waals surface area (Å²) in [6.45, 7) is 0. The van der Waals surface area contributed by atoms with Crippen LogP contribution in [0.25, 0.3) is 6.08 Å². The van der Waals surface area contributed by atoms with Gasteiger partial charge in [0.1, 0.15) is 0 Å². The molecule has 17 heavy (non-hydrogen) atoms. The first-order chi connectivity index (χ1) is 8.34. The number of hydrogen-bond donors (Lipinski definition) is 0. The van der Waals surface area contributed by atoms with Crippen molar-refractivity contribution >= 4 is 11.9 Å². The topological polar surface area (TPSA) is 17.1 Å². The number of Topliss-reactive ketones (excluding diaryl/α,β-unsaturated/α-hetero) is 1. The second kappa shape index (κ2) is 4.02. The first-order valence-corrected chi connectivity index (χ1v) is 5.73. The molecule has 0 spiro atoms. The largest absolute Gasteiger partial charge is 0.289 e. The van der Waals surface area contributed by atoms with Gasteiger partial charge in [-0.25, -0.2) is 0 Å². The molecule has 1 aliphatic carbocycles. The Labute approximate surface area is 100 Å². The number of hydrogen-bond acceptors (Lipinski definition) is 1. The van der Waals surface area contributed by atoms with Gasteiger partial charge in [-0.3, -0.25) is 4.79 Å². The van der Waals surface area contributed by atoms with Crippen LogP contribution >= 0.6 is 0 Å². The third-order valence-electron chi connectivity index (χ3n) is 3.09. The molecule has 0 bridgehead atoms. The van der Waals surface area contributed by atoms with Gasteiger partial charge in [-0.15, -0.1) is 0 Å². The van der Waals surface area contributed by atoms with E-state index in [1.807, 2.05) is 48.5 Å². The normalized spacial score (nSPS) is 13.1. The Kier molecular flexibility index (Phi) is 2.37. The minimum absolute atomic E-state index is 0.141. The Hall–Kier alpha value is -2.15. The van der Waals surface area contributed by atoms with E-state index in [0.717, 1.165) is 17.6 Å². The lowest BCUT2D eigenvalue weighted by Crippen LogP contribution is -2.02. The van der Waals surface area contributed by atoms with Crippen molar-refractivity contribution in [3.63, 3.8) is 0 Å². The van der Waals surface area contributed by atoms with Crippen molar-refractivity contribution in [1.82, 2.24) is 0 Å². The van der Waals surface area contributed by atoms with E-state index in [-0.39, 0.29) is 5.78 Å². The van der Waals surface area contributed by atoms with Crippen molar-refractivity contribution in [2.45, 2.75) is 6.42 Å². The number of benzene rings is 2. The van der Waals surface area contributed by atoms with Gasteiger partial charge < -0.3 is 0 Å². The van der Waals surface area contributed by atoms with Gasteiger partial charge in [-0.1, -0.05) is 54.6 Å². The highest BCUT2D eigenvalue weighted by Crippen LogP contribution is 2.26. The molecular weight excluding hydrogens is 208 g/mol. The summed E-state index contributed by atoms with van der Waals surface area (Å²) in [5.74, 6) is 0.141. The molecule has 2 aromatic rings. The molecule has 0 N–H and O–H groups in total. The highest BCUT2D eigenvalue weighted by molar-refractivity contribution is 6.12. The van der Waals surface area contributed by atoms with E-state index in [2.05, 4.69) is 12.1 Å². The summed E-state index contributed by atoms with van der Waals surface area (Å²) < 4.78 is 0. The maximum Gasteiger partial charge on any atom is 0.189 e. The number of fused-ring (bicyclic) bond motifs is 1. The van der Waals surface area contributed by atoms with E-state index >= 15 is 0 Å². The van der Waals surface area contributed by atoms with E-state index in [1.54, 1.807) is 0 Å². The minimum Gasteiger partial charge on any atom is -0.289 e. The predicted octanol–water partition coefficient (Wildman–Crippen LogP) is 3.51. The molecule has 0 unspecified atom stereocenters. The van der Waals surface area contributed by atoms with Gasteiger partial charge in [0.05, 0.1) is 0 Å². The summed E-state index contributed by atoms with van der Waals surface area (Å²) in [4.78, 5) is 12.2. The third kappa shape index (κ3) is 1.80. The fraction of sp³-hybridized carbons (Fsp3) is 0.0625. The van der Waals surface area contributed by atoms with E-state index in [1.165, 1.54) is 11.1 Å². The Balaban J connectivity index is 1.93. The van der Waals surface area contributed by atoms with Crippen LogP contribution in [-0.4, -0.2) is 5.78 Å². The first kappa shape index (κ1) is 10.0. The van der Waals surface area contributed by atoms with E-state index in [0.29, 0.717) is 0 Å². The van der Waals surface area contributed by atoms with Crippen molar-refractivity contribution in [2.24, 2.45) is 0 Å². The van der Waals surface area contributed by atoms with Crippen molar-refractivity contribution in [3.8, 4) is 0 Å². The average Bonchev–Trinajstić information content (AvgIpc) is 2.82. The third-order valence-corrected chi connectivity index (χ3v) is 3.09. The van der Waals surface area contributed by atoms with Gasteiger partial charge in [0.2, 0.25) is 0 Å². The maximum atomic E-state index is 12.2. The highest BCUT2D eigenvalue weighted by Gasteiger charge is 2.18. The summed E-state index contributed by atoms with van der Waals surface area (Å²) in [7, 11) is 0. The standard InChI is InChI=1S/C16H12O/c17-16(12-6-2-1-3-7-12)15-10-13-8-4-5-9-14(13)11-15/h1-10H,11H2. The molecule has 2 aromatic carbocycles. The molecular formula is C16H12O. The van der Waals surface area contributed by atoms with Crippen molar-refractivity contribution in [2.75, 3.05) is 0 Å². The van der Waals surface area contributed by atoms with E-state index < -0.39 is 0 Å². The SMILES string of the molecule is O=C(C1=Cc2ccccc2C1)c1ccccc1. The Bertz CT molecular complexity index is 594. The molecule has 0 heterocycles. The molecule has 1 aliphatic rings. The van der Waals surface area contributed by atoms with Crippen LogP contribution < -0.4 is 0 Å².